The van der Waals surface area contributed by atoms with E-state index in [0.717, 1.165) is 51.0 Å². The summed E-state index contributed by atoms with van der Waals surface area (Å²) in [5.74, 6) is 1.42. The molecule has 2 aliphatic heterocycles. The van der Waals surface area contributed by atoms with Gasteiger partial charge in [0.2, 0.25) is 0 Å². The number of amides is 1. The predicted molar refractivity (Wildman–Crippen MR) is 117 cm³/mol. The molecular weight excluding hydrogens is 366 g/mol. The Kier molecular flexibility index (Phi) is 7.30. The molecule has 0 radical (unpaired) electrons. The summed E-state index contributed by atoms with van der Waals surface area (Å²) < 4.78 is 5.54. The highest BCUT2D eigenvalue weighted by molar-refractivity contribution is 5.80. The van der Waals surface area contributed by atoms with E-state index in [1.807, 2.05) is 32.7 Å². The molecule has 3 fully saturated rings. The van der Waals surface area contributed by atoms with Gasteiger partial charge in [0.25, 0.3) is 0 Å². The molecule has 0 aromatic carbocycles. The zero-order valence-electron chi connectivity index (χ0n) is 19.0. The number of nitrogens with one attached hydrogen (secondary N) is 2. The second kappa shape index (κ2) is 9.54. The van der Waals surface area contributed by atoms with Gasteiger partial charge in [0.15, 0.2) is 5.96 Å². The van der Waals surface area contributed by atoms with Gasteiger partial charge in [0, 0.05) is 51.4 Å². The highest BCUT2D eigenvalue weighted by atomic mass is 16.6. The van der Waals surface area contributed by atoms with Crippen molar-refractivity contribution in [2.45, 2.75) is 89.9 Å². The monoisotopic (exact) mass is 407 g/mol. The minimum Gasteiger partial charge on any atom is -0.444 e. The average molecular weight is 408 g/mol. The summed E-state index contributed by atoms with van der Waals surface area (Å²) in [6, 6.07) is 1.97. The van der Waals surface area contributed by atoms with Gasteiger partial charge < -0.3 is 20.3 Å². The van der Waals surface area contributed by atoms with Crippen LogP contribution in [0.5, 0.6) is 0 Å². The van der Waals surface area contributed by atoms with Gasteiger partial charge in [-0.15, -0.1) is 0 Å². The molecule has 2 saturated heterocycles. The number of carbonyl (C=O) groups excluding carboxylic acids is 1. The first-order chi connectivity index (χ1) is 13.7. The normalized spacial score (nSPS) is 29.1. The third-order valence-corrected chi connectivity index (χ3v) is 6.22. The molecule has 0 aromatic rings. The fourth-order valence-corrected chi connectivity index (χ4v) is 4.65. The van der Waals surface area contributed by atoms with E-state index in [1.165, 1.54) is 25.7 Å². The van der Waals surface area contributed by atoms with E-state index in [2.05, 4.69) is 27.4 Å². The Morgan fingerprint density at radius 2 is 1.97 bits per heavy atom. The van der Waals surface area contributed by atoms with Crippen molar-refractivity contribution in [2.75, 3.05) is 33.2 Å². The first-order valence-electron chi connectivity index (χ1n) is 11.5. The number of hydrogen-bond acceptors (Lipinski definition) is 4. The van der Waals surface area contributed by atoms with E-state index in [-0.39, 0.29) is 6.09 Å². The Bertz CT molecular complexity index is 584. The van der Waals surface area contributed by atoms with Crippen molar-refractivity contribution in [3.63, 3.8) is 0 Å². The molecule has 3 rings (SSSR count). The third kappa shape index (κ3) is 6.76. The van der Waals surface area contributed by atoms with Gasteiger partial charge in [-0.25, -0.2) is 4.79 Å². The minimum atomic E-state index is -0.434. The molecule has 1 aliphatic carbocycles. The van der Waals surface area contributed by atoms with Crippen molar-refractivity contribution < 1.29 is 9.53 Å². The van der Waals surface area contributed by atoms with Crippen molar-refractivity contribution in [3.8, 4) is 0 Å². The molecule has 0 bridgehead atoms. The van der Waals surface area contributed by atoms with E-state index < -0.39 is 5.60 Å². The van der Waals surface area contributed by atoms with E-state index in [0.29, 0.717) is 18.0 Å². The molecule has 3 aliphatic rings. The minimum absolute atomic E-state index is 0.178. The second-order valence-corrected chi connectivity index (χ2v) is 10.1. The Morgan fingerprint density at radius 3 is 2.62 bits per heavy atom. The number of nitrogens with zero attached hydrogens (tertiary/aromatic N) is 3. The van der Waals surface area contributed by atoms with Gasteiger partial charge in [-0.1, -0.05) is 0 Å². The van der Waals surface area contributed by atoms with Crippen LogP contribution in [0, 0.1) is 5.92 Å². The number of guanidine groups is 1. The summed E-state index contributed by atoms with van der Waals surface area (Å²) in [5, 5.41) is 7.10. The number of aliphatic imine (C=N–C) groups is 1. The van der Waals surface area contributed by atoms with Crippen molar-refractivity contribution in [1.82, 2.24) is 20.4 Å². The van der Waals surface area contributed by atoms with Crippen LogP contribution in [0.15, 0.2) is 4.99 Å². The van der Waals surface area contributed by atoms with Gasteiger partial charge >= 0.3 is 6.09 Å². The van der Waals surface area contributed by atoms with Crippen LogP contribution >= 0.6 is 0 Å². The fourth-order valence-electron chi connectivity index (χ4n) is 4.65. The number of hydrogen-bond donors (Lipinski definition) is 2. The van der Waals surface area contributed by atoms with Gasteiger partial charge in [-0.05, 0) is 72.1 Å². The lowest BCUT2D eigenvalue weighted by Gasteiger charge is -2.34. The van der Waals surface area contributed by atoms with Crippen LogP contribution in [0.25, 0.3) is 0 Å². The zero-order chi connectivity index (χ0) is 21.0. The van der Waals surface area contributed by atoms with Crippen LogP contribution in [0.4, 0.5) is 4.79 Å². The fraction of sp³-hybridized carbons (Fsp3) is 0.909. The molecule has 3 atom stereocenters. The van der Waals surface area contributed by atoms with Crippen LogP contribution in [0.3, 0.4) is 0 Å². The average Bonchev–Trinajstić information content (AvgIpc) is 3.43. The maximum absolute atomic E-state index is 12.3. The first-order valence-corrected chi connectivity index (χ1v) is 11.5. The molecule has 0 spiro atoms. The summed E-state index contributed by atoms with van der Waals surface area (Å²) in [5.41, 5.74) is -0.434. The lowest BCUT2D eigenvalue weighted by atomic mass is 9.95. The van der Waals surface area contributed by atoms with Crippen LogP contribution in [0.2, 0.25) is 0 Å². The standard InChI is InChI=1S/C22H41N5O2/c1-16-13-18(15-27(16)19-8-9-19)25-20(23-5)24-11-10-17-7-6-12-26(14-17)21(28)29-22(2,3)4/h16-19H,6-15H2,1-5H3,(H2,23,24,25). The number of piperidine rings is 1. The highest BCUT2D eigenvalue weighted by Crippen LogP contribution is 2.33. The smallest absolute Gasteiger partial charge is 0.410 e. The largest absolute Gasteiger partial charge is 0.444 e. The highest BCUT2D eigenvalue weighted by Gasteiger charge is 2.39. The van der Waals surface area contributed by atoms with E-state index >= 15 is 0 Å². The molecule has 0 aromatic heterocycles. The molecule has 166 valence electrons. The van der Waals surface area contributed by atoms with Crippen molar-refractivity contribution in [2.24, 2.45) is 10.9 Å². The Labute approximate surface area is 176 Å². The molecule has 7 heteroatoms. The summed E-state index contributed by atoms with van der Waals surface area (Å²) >= 11 is 0. The SMILES string of the molecule is CN=C(NCCC1CCCN(C(=O)OC(C)(C)C)C1)NC1CC(C)N(C2CC2)C1. The predicted octanol–water partition coefficient (Wildman–Crippen LogP) is 2.81. The van der Waals surface area contributed by atoms with Gasteiger partial charge in [0.1, 0.15) is 5.60 Å². The number of rotatable bonds is 5. The maximum Gasteiger partial charge on any atom is 0.410 e. The number of likely N-dealkylation sites (tertiary alicyclic amines) is 2. The topological polar surface area (TPSA) is 69.2 Å². The molecule has 29 heavy (non-hydrogen) atoms. The van der Waals surface area contributed by atoms with Crippen LogP contribution in [-0.4, -0.2) is 78.8 Å². The van der Waals surface area contributed by atoms with Crippen molar-refractivity contribution in [1.29, 1.82) is 0 Å². The van der Waals surface area contributed by atoms with E-state index in [1.54, 1.807) is 0 Å². The van der Waals surface area contributed by atoms with Gasteiger partial charge in [-0.2, -0.15) is 0 Å². The lowest BCUT2D eigenvalue weighted by molar-refractivity contribution is 0.0162. The maximum atomic E-state index is 12.3. The molecule has 2 N–H and O–H groups in total. The Balaban J connectivity index is 1.37. The molecule has 7 nitrogen and oxygen atoms in total. The summed E-state index contributed by atoms with van der Waals surface area (Å²) in [6.07, 6.45) is 7.00. The third-order valence-electron chi connectivity index (χ3n) is 6.22. The first kappa shape index (κ1) is 22.2. The van der Waals surface area contributed by atoms with Crippen molar-refractivity contribution in [3.05, 3.63) is 0 Å². The summed E-state index contributed by atoms with van der Waals surface area (Å²) in [7, 11) is 1.84. The molecule has 2 heterocycles. The second-order valence-electron chi connectivity index (χ2n) is 10.1. The van der Waals surface area contributed by atoms with Crippen LogP contribution in [0.1, 0.15) is 66.2 Å². The van der Waals surface area contributed by atoms with Crippen LogP contribution in [-0.2, 0) is 4.74 Å². The number of ether oxygens (including phenoxy) is 1. The summed E-state index contributed by atoms with van der Waals surface area (Å²) in [6.45, 7) is 11.7. The van der Waals surface area contributed by atoms with Gasteiger partial charge in [0.05, 0.1) is 0 Å². The molecule has 1 saturated carbocycles. The summed E-state index contributed by atoms with van der Waals surface area (Å²) in [4.78, 5) is 21.3. The Hall–Kier alpha value is -1.50. The molecule has 3 unspecified atom stereocenters. The lowest BCUT2D eigenvalue weighted by Crippen LogP contribution is -2.46. The Morgan fingerprint density at radius 1 is 1.21 bits per heavy atom. The van der Waals surface area contributed by atoms with Gasteiger partial charge in [-0.3, -0.25) is 9.89 Å². The number of carbonyl (C=O) groups is 1. The quantitative estimate of drug-likeness (QED) is 0.542. The van der Waals surface area contributed by atoms with E-state index in [9.17, 15) is 4.79 Å². The van der Waals surface area contributed by atoms with Crippen LogP contribution < -0.4 is 10.6 Å². The zero-order valence-corrected chi connectivity index (χ0v) is 19.0. The van der Waals surface area contributed by atoms with Crippen molar-refractivity contribution >= 4 is 12.1 Å². The molecular formula is C22H41N5O2. The molecule has 1 amide bonds. The van der Waals surface area contributed by atoms with E-state index in [4.69, 9.17) is 4.74 Å².